The van der Waals surface area contributed by atoms with Gasteiger partial charge in [-0.25, -0.2) is 9.67 Å². The molecule has 0 bridgehead atoms. The lowest BCUT2D eigenvalue weighted by Gasteiger charge is -2.11. The van der Waals surface area contributed by atoms with E-state index < -0.39 is 0 Å². The van der Waals surface area contributed by atoms with Gasteiger partial charge in [0.2, 0.25) is 0 Å². The molecule has 0 radical (unpaired) electrons. The molecule has 0 aliphatic heterocycles. The zero-order valence-electron chi connectivity index (χ0n) is 11.7. The minimum atomic E-state index is 0.281. The van der Waals surface area contributed by atoms with E-state index in [1.54, 1.807) is 6.33 Å². The quantitative estimate of drug-likeness (QED) is 0.725. The average molecular weight is 267 g/mol. The van der Waals surface area contributed by atoms with E-state index in [4.69, 9.17) is 4.74 Å². The first-order chi connectivity index (χ1) is 9.75. The van der Waals surface area contributed by atoms with Gasteiger partial charge in [0.15, 0.2) is 5.82 Å². The first-order valence-electron chi connectivity index (χ1n) is 6.74. The molecule has 4 heteroatoms. The van der Waals surface area contributed by atoms with Crippen LogP contribution >= 0.6 is 0 Å². The van der Waals surface area contributed by atoms with E-state index in [9.17, 15) is 0 Å². The Kier molecular flexibility index (Phi) is 3.37. The Morgan fingerprint density at radius 3 is 2.75 bits per heavy atom. The summed E-state index contributed by atoms with van der Waals surface area (Å²) >= 11 is 0. The van der Waals surface area contributed by atoms with Gasteiger partial charge in [-0.2, -0.15) is 5.10 Å². The van der Waals surface area contributed by atoms with Gasteiger partial charge in [0.1, 0.15) is 18.7 Å². The van der Waals surface area contributed by atoms with E-state index in [1.165, 1.54) is 5.39 Å². The van der Waals surface area contributed by atoms with Crippen molar-refractivity contribution in [2.24, 2.45) is 0 Å². The minimum absolute atomic E-state index is 0.281. The minimum Gasteiger partial charge on any atom is -0.485 e. The van der Waals surface area contributed by atoms with Crippen LogP contribution < -0.4 is 4.74 Å². The molecule has 0 N–H and O–H groups in total. The molecule has 0 spiro atoms. The Morgan fingerprint density at radius 2 is 1.90 bits per heavy atom. The van der Waals surface area contributed by atoms with Crippen molar-refractivity contribution in [3.8, 4) is 5.75 Å². The largest absolute Gasteiger partial charge is 0.485 e. The molecule has 1 aromatic heterocycles. The van der Waals surface area contributed by atoms with Crippen LogP contribution in [0.25, 0.3) is 10.8 Å². The van der Waals surface area contributed by atoms with Crippen LogP contribution in [-0.2, 0) is 6.61 Å². The Hall–Kier alpha value is -2.36. The monoisotopic (exact) mass is 267 g/mol. The summed E-state index contributed by atoms with van der Waals surface area (Å²) in [6.07, 6.45) is 1.57. The molecule has 20 heavy (non-hydrogen) atoms. The van der Waals surface area contributed by atoms with Crippen molar-refractivity contribution < 1.29 is 4.74 Å². The molecule has 0 amide bonds. The highest BCUT2D eigenvalue weighted by atomic mass is 16.5. The number of benzene rings is 2. The Bertz CT molecular complexity index is 713. The summed E-state index contributed by atoms with van der Waals surface area (Å²) in [6, 6.07) is 14.6. The van der Waals surface area contributed by atoms with Gasteiger partial charge in [0.25, 0.3) is 0 Å². The predicted molar refractivity (Wildman–Crippen MR) is 78.7 cm³/mol. The van der Waals surface area contributed by atoms with Crippen LogP contribution in [0.4, 0.5) is 0 Å². The molecule has 102 valence electrons. The standard InChI is InChI=1S/C16H17N3O/c1-12(2)19-16(17-11-18-19)10-20-15-9-5-7-13-6-3-4-8-14(13)15/h3-9,11-12H,10H2,1-2H3. The molecule has 2 aromatic carbocycles. The van der Waals surface area contributed by atoms with Crippen molar-refractivity contribution in [3.05, 3.63) is 54.6 Å². The number of nitrogens with zero attached hydrogens (tertiary/aromatic N) is 3. The van der Waals surface area contributed by atoms with Crippen molar-refractivity contribution in [2.75, 3.05) is 0 Å². The Morgan fingerprint density at radius 1 is 1.10 bits per heavy atom. The van der Waals surface area contributed by atoms with Crippen LogP contribution in [0, 0.1) is 0 Å². The highest BCUT2D eigenvalue weighted by Crippen LogP contribution is 2.25. The number of rotatable bonds is 4. The van der Waals surface area contributed by atoms with Crippen molar-refractivity contribution in [2.45, 2.75) is 26.5 Å². The summed E-state index contributed by atoms with van der Waals surface area (Å²) < 4.78 is 7.81. The highest BCUT2D eigenvalue weighted by Gasteiger charge is 2.09. The van der Waals surface area contributed by atoms with Crippen molar-refractivity contribution in [1.82, 2.24) is 14.8 Å². The zero-order chi connectivity index (χ0) is 13.9. The molecule has 0 aliphatic rings. The lowest BCUT2D eigenvalue weighted by Crippen LogP contribution is -2.10. The lowest BCUT2D eigenvalue weighted by atomic mass is 10.1. The second kappa shape index (κ2) is 5.33. The molecule has 0 saturated heterocycles. The SMILES string of the molecule is CC(C)n1ncnc1COc1cccc2ccccc12. The van der Waals surface area contributed by atoms with Crippen LogP contribution in [0.15, 0.2) is 48.8 Å². The van der Waals surface area contributed by atoms with Gasteiger partial charge < -0.3 is 4.74 Å². The molecule has 1 heterocycles. The van der Waals surface area contributed by atoms with Crippen LogP contribution in [0.2, 0.25) is 0 Å². The van der Waals surface area contributed by atoms with E-state index >= 15 is 0 Å². The van der Waals surface area contributed by atoms with Gasteiger partial charge >= 0.3 is 0 Å². The summed E-state index contributed by atoms with van der Waals surface area (Å²) in [7, 11) is 0. The third kappa shape index (κ3) is 2.37. The van der Waals surface area contributed by atoms with E-state index in [1.807, 2.05) is 28.9 Å². The van der Waals surface area contributed by atoms with Gasteiger partial charge in [-0.1, -0.05) is 36.4 Å². The number of fused-ring (bicyclic) bond motifs is 1. The van der Waals surface area contributed by atoms with E-state index in [0.29, 0.717) is 6.61 Å². The zero-order valence-corrected chi connectivity index (χ0v) is 11.7. The van der Waals surface area contributed by atoms with Crippen LogP contribution in [-0.4, -0.2) is 14.8 Å². The summed E-state index contributed by atoms with van der Waals surface area (Å²) in [5.74, 6) is 1.72. The second-order valence-corrected chi connectivity index (χ2v) is 4.98. The van der Waals surface area contributed by atoms with Gasteiger partial charge in [-0.3, -0.25) is 0 Å². The number of hydrogen-bond donors (Lipinski definition) is 0. The first-order valence-corrected chi connectivity index (χ1v) is 6.74. The average Bonchev–Trinajstić information content (AvgIpc) is 2.93. The molecule has 3 aromatic rings. The molecular weight excluding hydrogens is 250 g/mol. The molecule has 0 aliphatic carbocycles. The number of hydrogen-bond acceptors (Lipinski definition) is 3. The summed E-state index contributed by atoms with van der Waals surface area (Å²) in [6.45, 7) is 4.58. The maximum absolute atomic E-state index is 5.93. The molecular formula is C16H17N3O. The molecule has 0 fully saturated rings. The molecule has 4 nitrogen and oxygen atoms in total. The highest BCUT2D eigenvalue weighted by molar-refractivity contribution is 5.88. The fraction of sp³-hybridized carbons (Fsp3) is 0.250. The van der Waals surface area contributed by atoms with Crippen LogP contribution in [0.5, 0.6) is 5.75 Å². The Balaban J connectivity index is 1.85. The van der Waals surface area contributed by atoms with Gasteiger partial charge in [0.05, 0.1) is 0 Å². The second-order valence-electron chi connectivity index (χ2n) is 4.98. The van der Waals surface area contributed by atoms with Gasteiger partial charge in [-0.05, 0) is 25.3 Å². The summed E-state index contributed by atoms with van der Waals surface area (Å²) in [4.78, 5) is 4.26. The Labute approximate surface area is 118 Å². The lowest BCUT2D eigenvalue weighted by molar-refractivity contribution is 0.285. The third-order valence-corrected chi connectivity index (χ3v) is 3.24. The van der Waals surface area contributed by atoms with Crippen molar-refractivity contribution in [1.29, 1.82) is 0 Å². The first kappa shape index (κ1) is 12.7. The van der Waals surface area contributed by atoms with Gasteiger partial charge in [0, 0.05) is 11.4 Å². The van der Waals surface area contributed by atoms with Gasteiger partial charge in [-0.15, -0.1) is 0 Å². The fourth-order valence-electron chi connectivity index (χ4n) is 2.27. The maximum Gasteiger partial charge on any atom is 0.165 e. The summed E-state index contributed by atoms with van der Waals surface area (Å²) in [5, 5.41) is 6.51. The third-order valence-electron chi connectivity index (χ3n) is 3.24. The predicted octanol–water partition coefficient (Wildman–Crippen LogP) is 3.59. The smallest absolute Gasteiger partial charge is 0.165 e. The molecule has 0 atom stereocenters. The van der Waals surface area contributed by atoms with Crippen molar-refractivity contribution >= 4 is 10.8 Å². The van der Waals surface area contributed by atoms with Crippen LogP contribution in [0.3, 0.4) is 0 Å². The normalized spacial score (nSPS) is 11.2. The number of aromatic nitrogens is 3. The van der Waals surface area contributed by atoms with Crippen molar-refractivity contribution in [3.63, 3.8) is 0 Å². The van der Waals surface area contributed by atoms with E-state index in [0.717, 1.165) is 17.0 Å². The fourth-order valence-corrected chi connectivity index (χ4v) is 2.27. The molecule has 0 saturated carbocycles. The number of ether oxygens (including phenoxy) is 1. The molecule has 3 rings (SSSR count). The maximum atomic E-state index is 5.93. The topological polar surface area (TPSA) is 39.9 Å². The van der Waals surface area contributed by atoms with Crippen LogP contribution in [0.1, 0.15) is 25.7 Å². The summed E-state index contributed by atoms with van der Waals surface area (Å²) in [5.41, 5.74) is 0. The molecule has 0 unspecified atom stereocenters. The van der Waals surface area contributed by atoms with E-state index in [-0.39, 0.29) is 6.04 Å². The van der Waals surface area contributed by atoms with E-state index in [2.05, 4.69) is 42.1 Å².